The molecule has 266 valence electrons. The smallest absolute Gasteiger partial charge is 0.0568 e. The van der Waals surface area contributed by atoms with Crippen molar-refractivity contribution in [3.63, 3.8) is 0 Å². The third-order valence-electron chi connectivity index (χ3n) is 17.1. The summed E-state index contributed by atoms with van der Waals surface area (Å²) in [5.74, 6) is 14.7. The molecule has 18 unspecified atom stereocenters. The molecule has 6 fully saturated rings. The van der Waals surface area contributed by atoms with Crippen LogP contribution in [0.2, 0.25) is 0 Å². The highest BCUT2D eigenvalue weighted by atomic mass is 16.3. The maximum absolute atomic E-state index is 10.9. The first kappa shape index (κ1) is 35.7. The SMILES string of the molecule is CC1CCC(C)C(C(C2CCC3CCC(C(C4CC(C)CCC4C)C4CC(C)C(O)CC4C)CC3C2)C2CC(C)C(O)CC2C)C1. The van der Waals surface area contributed by atoms with Crippen LogP contribution in [0.15, 0.2) is 0 Å². The van der Waals surface area contributed by atoms with E-state index in [9.17, 15) is 10.2 Å². The Hall–Kier alpha value is -0.0800. The first-order chi connectivity index (χ1) is 21.9. The van der Waals surface area contributed by atoms with Crippen LogP contribution in [0.4, 0.5) is 0 Å². The molecule has 0 radical (unpaired) electrons. The predicted molar refractivity (Wildman–Crippen MR) is 194 cm³/mol. The molecule has 0 aromatic heterocycles. The number of hydrogen-bond acceptors (Lipinski definition) is 2. The Morgan fingerprint density at radius 2 is 0.739 bits per heavy atom. The molecule has 0 amide bonds. The molecule has 6 rings (SSSR count). The predicted octanol–water partition coefficient (Wildman–Crippen LogP) is 11.3. The van der Waals surface area contributed by atoms with Gasteiger partial charge in [0, 0.05) is 0 Å². The maximum Gasteiger partial charge on any atom is 0.0568 e. The second-order valence-corrected chi connectivity index (χ2v) is 20.3. The summed E-state index contributed by atoms with van der Waals surface area (Å²) in [5, 5.41) is 21.8. The van der Waals surface area contributed by atoms with Gasteiger partial charge in [0.15, 0.2) is 0 Å². The van der Waals surface area contributed by atoms with Gasteiger partial charge in [-0.25, -0.2) is 0 Å². The highest BCUT2D eigenvalue weighted by molar-refractivity contribution is 5.00. The lowest BCUT2D eigenvalue weighted by Crippen LogP contribution is -2.48. The number of hydrogen-bond donors (Lipinski definition) is 2. The molecule has 2 heteroatoms. The Balaban J connectivity index is 1.25. The molecule has 0 aliphatic heterocycles. The Morgan fingerprint density at radius 3 is 1.15 bits per heavy atom. The molecule has 2 N–H and O–H groups in total. The highest BCUT2D eigenvalue weighted by Crippen LogP contribution is 2.58. The van der Waals surface area contributed by atoms with Gasteiger partial charge in [-0.15, -0.1) is 0 Å². The number of aliphatic hydroxyl groups excluding tert-OH is 2. The summed E-state index contributed by atoms with van der Waals surface area (Å²) in [6.07, 6.45) is 22.1. The molecule has 2 nitrogen and oxygen atoms in total. The Kier molecular flexibility index (Phi) is 11.7. The van der Waals surface area contributed by atoms with Crippen molar-refractivity contribution in [2.75, 3.05) is 0 Å². The van der Waals surface area contributed by atoms with Crippen molar-refractivity contribution in [3.05, 3.63) is 0 Å². The molecule has 6 aliphatic carbocycles. The molecule has 18 atom stereocenters. The summed E-state index contributed by atoms with van der Waals surface area (Å²) in [4.78, 5) is 0. The van der Waals surface area contributed by atoms with Crippen LogP contribution < -0.4 is 0 Å². The van der Waals surface area contributed by atoms with E-state index < -0.39 is 0 Å². The fourth-order valence-corrected chi connectivity index (χ4v) is 14.2. The molecular weight excluding hydrogens is 560 g/mol. The third kappa shape index (κ3) is 7.49. The van der Waals surface area contributed by atoms with Gasteiger partial charge in [0.1, 0.15) is 0 Å². The molecule has 46 heavy (non-hydrogen) atoms. The minimum absolute atomic E-state index is 0.0858. The topological polar surface area (TPSA) is 40.5 Å². The standard InChI is InChI=1S/C44H78O2/c1-25-9-11-27(3)37(17-25)43(39-19-31(7)41(45)21-29(39)5)34-15-13-33-14-16-35(24-36(33)23-34)44(38-18-26(2)10-12-28(38)4)40-20-32(8)42(46)22-30(40)6/h25-46H,9-24H2,1-8H3. The summed E-state index contributed by atoms with van der Waals surface area (Å²) in [6, 6.07) is 0. The van der Waals surface area contributed by atoms with Crippen molar-refractivity contribution in [2.24, 2.45) is 107 Å². The van der Waals surface area contributed by atoms with E-state index in [0.29, 0.717) is 23.7 Å². The summed E-state index contributed by atoms with van der Waals surface area (Å²) in [7, 11) is 0. The fourth-order valence-electron chi connectivity index (χ4n) is 14.2. The van der Waals surface area contributed by atoms with Crippen molar-refractivity contribution in [3.8, 4) is 0 Å². The van der Waals surface area contributed by atoms with Gasteiger partial charge in [-0.3, -0.25) is 0 Å². The molecule has 0 heterocycles. The van der Waals surface area contributed by atoms with Crippen LogP contribution in [-0.2, 0) is 0 Å². The molecule has 6 saturated carbocycles. The summed E-state index contributed by atoms with van der Waals surface area (Å²) in [6.45, 7) is 20.1. The third-order valence-corrected chi connectivity index (χ3v) is 17.1. The van der Waals surface area contributed by atoms with Gasteiger partial charge < -0.3 is 10.2 Å². The van der Waals surface area contributed by atoms with E-state index in [-0.39, 0.29) is 12.2 Å². The van der Waals surface area contributed by atoms with Crippen LogP contribution in [0, 0.1) is 107 Å². The number of rotatable bonds is 6. The van der Waals surface area contributed by atoms with E-state index >= 15 is 0 Å². The maximum atomic E-state index is 10.9. The van der Waals surface area contributed by atoms with E-state index in [1.165, 1.54) is 89.9 Å². The first-order valence-corrected chi connectivity index (χ1v) is 21.3. The normalized spacial score (nSPS) is 53.6. The van der Waals surface area contributed by atoms with Crippen molar-refractivity contribution in [2.45, 2.75) is 170 Å². The van der Waals surface area contributed by atoms with E-state index in [0.717, 1.165) is 95.7 Å². The first-order valence-electron chi connectivity index (χ1n) is 21.3. The minimum Gasteiger partial charge on any atom is -0.393 e. The second-order valence-electron chi connectivity index (χ2n) is 20.3. The molecule has 0 aromatic carbocycles. The average Bonchev–Trinajstić information content (AvgIpc) is 3.01. The molecule has 6 aliphatic rings. The largest absolute Gasteiger partial charge is 0.393 e. The van der Waals surface area contributed by atoms with Crippen molar-refractivity contribution < 1.29 is 10.2 Å². The van der Waals surface area contributed by atoms with E-state index in [2.05, 4.69) is 55.4 Å². The molecule has 0 aromatic rings. The van der Waals surface area contributed by atoms with Gasteiger partial charge in [0.05, 0.1) is 12.2 Å². The molecular formula is C44H78O2. The zero-order valence-corrected chi connectivity index (χ0v) is 31.8. The van der Waals surface area contributed by atoms with Crippen molar-refractivity contribution in [1.29, 1.82) is 0 Å². The van der Waals surface area contributed by atoms with Gasteiger partial charge >= 0.3 is 0 Å². The lowest BCUT2D eigenvalue weighted by atomic mass is 9.51. The van der Waals surface area contributed by atoms with Crippen LogP contribution in [-0.4, -0.2) is 22.4 Å². The van der Waals surface area contributed by atoms with Crippen molar-refractivity contribution in [1.82, 2.24) is 0 Å². The lowest BCUT2D eigenvalue weighted by Gasteiger charge is -2.55. The van der Waals surface area contributed by atoms with Gasteiger partial charge in [0.2, 0.25) is 0 Å². The Bertz CT molecular complexity index is 888. The number of fused-ring (bicyclic) bond motifs is 1. The monoisotopic (exact) mass is 639 g/mol. The van der Waals surface area contributed by atoms with Crippen LogP contribution in [0.25, 0.3) is 0 Å². The molecule has 0 spiro atoms. The van der Waals surface area contributed by atoms with Gasteiger partial charge in [0.25, 0.3) is 0 Å². The van der Waals surface area contributed by atoms with Gasteiger partial charge in [-0.1, -0.05) is 81.1 Å². The van der Waals surface area contributed by atoms with Gasteiger partial charge in [-0.05, 0) is 184 Å². The number of aliphatic hydroxyl groups is 2. The molecule has 0 saturated heterocycles. The highest BCUT2D eigenvalue weighted by Gasteiger charge is 2.51. The zero-order chi connectivity index (χ0) is 32.9. The van der Waals surface area contributed by atoms with Crippen LogP contribution in [0.3, 0.4) is 0 Å². The fraction of sp³-hybridized carbons (Fsp3) is 1.00. The minimum atomic E-state index is -0.0858. The van der Waals surface area contributed by atoms with Crippen molar-refractivity contribution >= 4 is 0 Å². The van der Waals surface area contributed by atoms with E-state index in [1.807, 2.05) is 0 Å². The molecule has 0 bridgehead atoms. The van der Waals surface area contributed by atoms with Gasteiger partial charge in [-0.2, -0.15) is 0 Å². The van der Waals surface area contributed by atoms with Crippen LogP contribution in [0.1, 0.15) is 158 Å². The average molecular weight is 639 g/mol. The Morgan fingerprint density at radius 1 is 0.348 bits per heavy atom. The summed E-state index contributed by atoms with van der Waals surface area (Å²) >= 11 is 0. The van der Waals surface area contributed by atoms with Crippen LogP contribution in [0.5, 0.6) is 0 Å². The van der Waals surface area contributed by atoms with E-state index in [1.54, 1.807) is 0 Å². The summed E-state index contributed by atoms with van der Waals surface area (Å²) < 4.78 is 0. The second kappa shape index (κ2) is 15.0. The zero-order valence-electron chi connectivity index (χ0n) is 31.8. The van der Waals surface area contributed by atoms with E-state index in [4.69, 9.17) is 0 Å². The Labute approximate surface area is 286 Å². The summed E-state index contributed by atoms with van der Waals surface area (Å²) in [5.41, 5.74) is 0. The quantitative estimate of drug-likeness (QED) is 0.304. The lowest BCUT2D eigenvalue weighted by molar-refractivity contribution is -0.0700. The van der Waals surface area contributed by atoms with Crippen LogP contribution >= 0.6 is 0 Å².